The van der Waals surface area contributed by atoms with Crippen molar-refractivity contribution in [3.8, 4) is 11.3 Å². The van der Waals surface area contributed by atoms with Gasteiger partial charge in [-0.1, -0.05) is 51.3 Å². The molecule has 0 radical (unpaired) electrons. The van der Waals surface area contributed by atoms with Crippen molar-refractivity contribution in [2.75, 3.05) is 16.4 Å². The van der Waals surface area contributed by atoms with Gasteiger partial charge in [-0.3, -0.25) is 9.59 Å². The Bertz CT molecular complexity index is 1330. The number of carbonyl (C=O) groups excluding carboxylic acids is 2. The third-order valence-electron chi connectivity index (χ3n) is 4.55. The van der Waals surface area contributed by atoms with Gasteiger partial charge in [0.1, 0.15) is 0 Å². The fourth-order valence-corrected chi connectivity index (χ4v) is 5.09. The number of anilines is 2. The van der Waals surface area contributed by atoms with Crippen LogP contribution in [0.1, 0.15) is 10.4 Å². The van der Waals surface area contributed by atoms with Crippen molar-refractivity contribution in [2.24, 2.45) is 0 Å². The van der Waals surface area contributed by atoms with Crippen molar-refractivity contribution in [1.82, 2.24) is 4.98 Å². The van der Waals surface area contributed by atoms with E-state index in [1.54, 1.807) is 24.3 Å². The minimum atomic E-state index is -0.326. The zero-order chi connectivity index (χ0) is 24.1. The lowest BCUT2D eigenvalue weighted by atomic mass is 10.2. The average molecular weight is 593 g/mol. The molecule has 0 saturated carbocycles. The highest BCUT2D eigenvalue weighted by Crippen LogP contribution is 2.27. The molecule has 3 aromatic carbocycles. The van der Waals surface area contributed by atoms with Gasteiger partial charge in [-0.05, 0) is 54.6 Å². The topological polar surface area (TPSA) is 71.1 Å². The lowest BCUT2D eigenvalue weighted by molar-refractivity contribution is -0.113. The summed E-state index contributed by atoms with van der Waals surface area (Å²) in [6.45, 7) is 0. The van der Waals surface area contributed by atoms with E-state index in [0.29, 0.717) is 21.4 Å². The normalized spacial score (nSPS) is 10.7. The molecule has 2 N–H and O–H groups in total. The number of nitrogens with zero attached hydrogens (tertiary/aromatic N) is 1. The highest BCUT2D eigenvalue weighted by atomic mass is 79.9. The number of amides is 2. The van der Waals surface area contributed by atoms with Crippen molar-refractivity contribution >= 4 is 84.9 Å². The fourth-order valence-electron chi connectivity index (χ4n) is 2.90. The van der Waals surface area contributed by atoms with Crippen LogP contribution >= 0.6 is 62.2 Å². The van der Waals surface area contributed by atoms with Crippen LogP contribution in [0.15, 0.2) is 81.5 Å². The maximum Gasteiger partial charge on any atom is 0.257 e. The molecule has 0 unspecified atom stereocenters. The minimum Gasteiger partial charge on any atom is -0.322 e. The van der Waals surface area contributed by atoms with Crippen molar-refractivity contribution in [3.05, 3.63) is 92.2 Å². The Morgan fingerprint density at radius 2 is 1.71 bits per heavy atom. The first kappa shape index (κ1) is 24.8. The van der Waals surface area contributed by atoms with E-state index in [1.807, 2.05) is 41.8 Å². The van der Waals surface area contributed by atoms with Gasteiger partial charge in [0.2, 0.25) is 5.91 Å². The van der Waals surface area contributed by atoms with Crippen molar-refractivity contribution in [3.63, 3.8) is 0 Å². The molecule has 0 spiro atoms. The van der Waals surface area contributed by atoms with Crippen molar-refractivity contribution in [1.29, 1.82) is 0 Å². The fraction of sp³-hybridized carbons (Fsp3) is 0.0417. The zero-order valence-electron chi connectivity index (χ0n) is 17.3. The van der Waals surface area contributed by atoms with Gasteiger partial charge >= 0.3 is 0 Å². The van der Waals surface area contributed by atoms with Gasteiger partial charge in [-0.2, -0.15) is 0 Å². The summed E-state index contributed by atoms with van der Waals surface area (Å²) >= 11 is 18.2. The van der Waals surface area contributed by atoms with E-state index >= 15 is 0 Å². The largest absolute Gasteiger partial charge is 0.322 e. The number of halogens is 3. The molecule has 2 amide bonds. The summed E-state index contributed by atoms with van der Waals surface area (Å²) in [5.41, 5.74) is 2.76. The Kier molecular flexibility index (Phi) is 8.28. The molecule has 34 heavy (non-hydrogen) atoms. The van der Waals surface area contributed by atoms with Crippen molar-refractivity contribution < 1.29 is 9.59 Å². The summed E-state index contributed by atoms with van der Waals surface area (Å²) in [5.74, 6) is -0.233. The van der Waals surface area contributed by atoms with Crippen LogP contribution in [-0.2, 0) is 4.79 Å². The molecule has 0 saturated heterocycles. The minimum absolute atomic E-state index is 0.142. The first-order chi connectivity index (χ1) is 16.4. The van der Waals surface area contributed by atoms with Crippen molar-refractivity contribution in [2.45, 2.75) is 4.90 Å². The quantitative estimate of drug-likeness (QED) is 0.214. The number of nitrogens with one attached hydrogen (secondary N) is 2. The number of thioether (sulfide) groups is 1. The predicted octanol–water partition coefficient (Wildman–Crippen LogP) is 7.86. The number of rotatable bonds is 7. The summed E-state index contributed by atoms with van der Waals surface area (Å²) < 4.78 is 0.999. The van der Waals surface area contributed by atoms with Gasteiger partial charge in [-0.15, -0.1) is 23.1 Å². The molecular weight excluding hydrogens is 577 g/mol. The Morgan fingerprint density at radius 1 is 0.971 bits per heavy atom. The van der Waals surface area contributed by atoms with E-state index in [-0.39, 0.29) is 22.6 Å². The number of aromatic nitrogens is 1. The van der Waals surface area contributed by atoms with Gasteiger partial charge < -0.3 is 10.6 Å². The molecule has 1 heterocycles. The Balaban J connectivity index is 1.28. The smallest absolute Gasteiger partial charge is 0.257 e. The molecule has 10 heteroatoms. The molecule has 0 aliphatic rings. The van der Waals surface area contributed by atoms with Gasteiger partial charge in [-0.25, -0.2) is 4.98 Å². The molecule has 172 valence electrons. The van der Waals surface area contributed by atoms with Crippen LogP contribution in [-0.4, -0.2) is 22.6 Å². The van der Waals surface area contributed by atoms with Crippen LogP contribution < -0.4 is 10.6 Å². The number of thiazole rings is 1. The first-order valence-corrected chi connectivity index (χ1v) is 13.3. The summed E-state index contributed by atoms with van der Waals surface area (Å²) in [6, 6.07) is 19.8. The van der Waals surface area contributed by atoms with E-state index in [4.69, 9.17) is 23.2 Å². The highest BCUT2D eigenvalue weighted by molar-refractivity contribution is 9.10. The maximum atomic E-state index is 12.4. The van der Waals surface area contributed by atoms with Gasteiger partial charge in [0, 0.05) is 31.0 Å². The molecule has 5 nitrogen and oxygen atoms in total. The molecular formula is C24H16BrCl2N3O2S2. The maximum absolute atomic E-state index is 12.4. The van der Waals surface area contributed by atoms with E-state index in [1.165, 1.54) is 29.2 Å². The predicted molar refractivity (Wildman–Crippen MR) is 145 cm³/mol. The highest BCUT2D eigenvalue weighted by Gasteiger charge is 2.12. The summed E-state index contributed by atoms with van der Waals surface area (Å²) in [5, 5.41) is 8.86. The molecule has 0 atom stereocenters. The average Bonchev–Trinajstić information content (AvgIpc) is 3.27. The number of hydrogen-bond acceptors (Lipinski definition) is 5. The molecule has 0 aliphatic heterocycles. The number of carbonyl (C=O) groups is 2. The Labute approximate surface area is 223 Å². The summed E-state index contributed by atoms with van der Waals surface area (Å²) in [7, 11) is 0. The van der Waals surface area contributed by atoms with E-state index in [9.17, 15) is 9.59 Å². The van der Waals surface area contributed by atoms with Crippen LogP contribution in [0.5, 0.6) is 0 Å². The number of benzene rings is 3. The molecule has 1 aromatic heterocycles. The van der Waals surface area contributed by atoms with Crippen LogP contribution in [0.3, 0.4) is 0 Å². The summed E-state index contributed by atoms with van der Waals surface area (Å²) in [4.78, 5) is 30.2. The molecule has 0 aliphatic carbocycles. The van der Waals surface area contributed by atoms with Crippen LogP contribution in [0, 0.1) is 0 Å². The third kappa shape index (κ3) is 6.61. The third-order valence-corrected chi connectivity index (χ3v) is 7.39. The second-order valence-electron chi connectivity index (χ2n) is 6.98. The van der Waals surface area contributed by atoms with Gasteiger partial charge in [0.05, 0.1) is 22.0 Å². The molecule has 4 rings (SSSR count). The van der Waals surface area contributed by atoms with Crippen LogP contribution in [0.25, 0.3) is 11.3 Å². The lowest BCUT2D eigenvalue weighted by Gasteiger charge is -2.08. The second-order valence-corrected chi connectivity index (χ2v) is 10.7. The standard InChI is InChI=1S/C24H16BrCl2N3O2S2/c25-15-3-1-14(2-4-15)21-12-34-24(29-21)30-22(31)13-33-18-8-6-17(7-9-18)28-23(32)19-10-5-16(26)11-20(19)27/h1-12H,13H2,(H,28,32)(H,29,30,31). The Morgan fingerprint density at radius 3 is 2.41 bits per heavy atom. The Hall–Kier alpha value is -2.36. The number of hydrogen-bond donors (Lipinski definition) is 2. The van der Waals surface area contributed by atoms with Crippen LogP contribution in [0.2, 0.25) is 10.0 Å². The zero-order valence-corrected chi connectivity index (χ0v) is 22.1. The summed E-state index contributed by atoms with van der Waals surface area (Å²) in [6.07, 6.45) is 0. The van der Waals surface area contributed by atoms with Gasteiger partial charge in [0.25, 0.3) is 5.91 Å². The van der Waals surface area contributed by atoms with Crippen LogP contribution in [0.4, 0.5) is 10.8 Å². The first-order valence-electron chi connectivity index (χ1n) is 9.88. The van der Waals surface area contributed by atoms with E-state index in [2.05, 4.69) is 31.5 Å². The van der Waals surface area contributed by atoms with E-state index in [0.717, 1.165) is 20.6 Å². The molecule has 4 aromatic rings. The molecule has 0 fully saturated rings. The SMILES string of the molecule is O=C(CSc1ccc(NC(=O)c2ccc(Cl)cc2Cl)cc1)Nc1nc(-c2ccc(Br)cc2)cs1. The monoisotopic (exact) mass is 591 g/mol. The van der Waals surface area contributed by atoms with E-state index < -0.39 is 0 Å². The van der Waals surface area contributed by atoms with Gasteiger partial charge in [0.15, 0.2) is 5.13 Å². The molecule has 0 bridgehead atoms. The lowest BCUT2D eigenvalue weighted by Crippen LogP contribution is -2.14. The second kappa shape index (κ2) is 11.4.